The van der Waals surface area contributed by atoms with Crippen molar-refractivity contribution in [2.75, 3.05) is 5.32 Å². The lowest BCUT2D eigenvalue weighted by molar-refractivity contribution is 0.477. The van der Waals surface area contributed by atoms with Crippen LogP contribution in [0.15, 0.2) is 48.5 Å². The van der Waals surface area contributed by atoms with Crippen molar-refractivity contribution in [3.05, 3.63) is 60.2 Å². The van der Waals surface area contributed by atoms with E-state index in [1.165, 1.54) is 12.1 Å². The standard InChI is InChI=1S/C16H16FN5O/c1-11(16-19-20-21-22(16)2)18-13-6-8-14(9-7-13)23-15-5-3-4-12(17)10-15/h3-11,18H,1-2H3/t11-/m1/s1. The van der Waals surface area contributed by atoms with Crippen molar-refractivity contribution in [2.45, 2.75) is 13.0 Å². The third kappa shape index (κ3) is 3.63. The molecule has 0 unspecified atom stereocenters. The highest BCUT2D eigenvalue weighted by atomic mass is 19.1. The summed E-state index contributed by atoms with van der Waals surface area (Å²) in [5.74, 6) is 1.51. The van der Waals surface area contributed by atoms with Gasteiger partial charge in [0.2, 0.25) is 0 Å². The third-order valence-electron chi connectivity index (χ3n) is 3.31. The van der Waals surface area contributed by atoms with Crippen LogP contribution in [-0.2, 0) is 7.05 Å². The molecule has 6 nitrogen and oxygen atoms in total. The maximum Gasteiger partial charge on any atom is 0.173 e. The lowest BCUT2D eigenvalue weighted by Crippen LogP contribution is -2.12. The van der Waals surface area contributed by atoms with Crippen LogP contribution in [0.2, 0.25) is 0 Å². The van der Waals surface area contributed by atoms with Crippen LogP contribution in [0.25, 0.3) is 0 Å². The number of benzene rings is 2. The van der Waals surface area contributed by atoms with Gasteiger partial charge in [0.1, 0.15) is 17.3 Å². The van der Waals surface area contributed by atoms with Gasteiger partial charge in [0.15, 0.2) is 5.82 Å². The Bertz CT molecular complexity index is 787. The molecule has 118 valence electrons. The van der Waals surface area contributed by atoms with Gasteiger partial charge in [0, 0.05) is 18.8 Å². The number of aryl methyl sites for hydroxylation is 1. The van der Waals surface area contributed by atoms with Crippen molar-refractivity contribution in [1.29, 1.82) is 0 Å². The highest BCUT2D eigenvalue weighted by Gasteiger charge is 2.12. The van der Waals surface area contributed by atoms with Crippen molar-refractivity contribution in [1.82, 2.24) is 20.2 Å². The van der Waals surface area contributed by atoms with Crippen LogP contribution in [0.1, 0.15) is 18.8 Å². The lowest BCUT2D eigenvalue weighted by atomic mass is 10.2. The molecular formula is C16H16FN5O. The second-order valence-corrected chi connectivity index (χ2v) is 5.11. The van der Waals surface area contributed by atoms with Gasteiger partial charge in [0.25, 0.3) is 0 Å². The van der Waals surface area contributed by atoms with Gasteiger partial charge < -0.3 is 10.1 Å². The van der Waals surface area contributed by atoms with Gasteiger partial charge in [-0.3, -0.25) is 0 Å². The fourth-order valence-corrected chi connectivity index (χ4v) is 2.20. The monoisotopic (exact) mass is 313 g/mol. The average Bonchev–Trinajstić information content (AvgIpc) is 2.95. The van der Waals surface area contributed by atoms with Crippen LogP contribution in [0.5, 0.6) is 11.5 Å². The Morgan fingerprint density at radius 3 is 2.57 bits per heavy atom. The molecule has 3 rings (SSSR count). The summed E-state index contributed by atoms with van der Waals surface area (Å²) in [4.78, 5) is 0. The minimum Gasteiger partial charge on any atom is -0.457 e. The first-order valence-corrected chi connectivity index (χ1v) is 7.14. The molecule has 0 saturated heterocycles. The SMILES string of the molecule is C[C@@H](Nc1ccc(Oc2cccc(F)c2)cc1)c1nnnn1C. The number of rotatable bonds is 5. The van der Waals surface area contributed by atoms with Crippen molar-refractivity contribution in [3.8, 4) is 11.5 Å². The number of anilines is 1. The Kier molecular flexibility index (Phi) is 4.18. The molecule has 0 spiro atoms. The molecular weight excluding hydrogens is 297 g/mol. The molecule has 0 aliphatic rings. The second-order valence-electron chi connectivity index (χ2n) is 5.11. The summed E-state index contributed by atoms with van der Waals surface area (Å²) in [7, 11) is 1.80. The molecule has 1 aromatic heterocycles. The molecule has 2 aromatic carbocycles. The van der Waals surface area contributed by atoms with E-state index in [0.29, 0.717) is 11.5 Å². The fraction of sp³-hybridized carbons (Fsp3) is 0.188. The topological polar surface area (TPSA) is 64.9 Å². The number of nitrogens with zero attached hydrogens (tertiary/aromatic N) is 4. The van der Waals surface area contributed by atoms with Gasteiger partial charge >= 0.3 is 0 Å². The summed E-state index contributed by atoms with van der Waals surface area (Å²) >= 11 is 0. The summed E-state index contributed by atoms with van der Waals surface area (Å²) in [6, 6.07) is 13.4. The van der Waals surface area contributed by atoms with Crippen LogP contribution in [0, 0.1) is 5.82 Å². The van der Waals surface area contributed by atoms with Crippen molar-refractivity contribution < 1.29 is 9.13 Å². The molecule has 0 bridgehead atoms. The Morgan fingerprint density at radius 1 is 1.13 bits per heavy atom. The zero-order valence-corrected chi connectivity index (χ0v) is 12.8. The fourth-order valence-electron chi connectivity index (χ4n) is 2.20. The van der Waals surface area contributed by atoms with Gasteiger partial charge in [-0.15, -0.1) is 5.10 Å². The molecule has 3 aromatic rings. The first-order chi connectivity index (χ1) is 11.1. The summed E-state index contributed by atoms with van der Waals surface area (Å²) in [6.07, 6.45) is 0. The second kappa shape index (κ2) is 6.43. The summed E-state index contributed by atoms with van der Waals surface area (Å²) in [5, 5.41) is 14.7. The van der Waals surface area contributed by atoms with E-state index in [9.17, 15) is 4.39 Å². The van der Waals surface area contributed by atoms with Crippen molar-refractivity contribution in [2.24, 2.45) is 7.05 Å². The molecule has 0 amide bonds. The first kappa shape index (κ1) is 15.0. The number of nitrogens with one attached hydrogen (secondary N) is 1. The quantitative estimate of drug-likeness (QED) is 0.783. The largest absolute Gasteiger partial charge is 0.457 e. The Morgan fingerprint density at radius 2 is 1.91 bits per heavy atom. The third-order valence-corrected chi connectivity index (χ3v) is 3.31. The summed E-state index contributed by atoms with van der Waals surface area (Å²) in [6.45, 7) is 1.98. The predicted molar refractivity (Wildman–Crippen MR) is 83.8 cm³/mol. The van der Waals surface area contributed by atoms with E-state index in [1.54, 1.807) is 23.9 Å². The molecule has 0 radical (unpaired) electrons. The number of aromatic nitrogens is 4. The molecule has 0 aliphatic heterocycles. The number of ether oxygens (including phenoxy) is 1. The van der Waals surface area contributed by atoms with Crippen LogP contribution >= 0.6 is 0 Å². The van der Waals surface area contributed by atoms with Crippen LogP contribution in [0.4, 0.5) is 10.1 Å². The Hall–Kier alpha value is -2.96. The van der Waals surface area contributed by atoms with Crippen molar-refractivity contribution >= 4 is 5.69 Å². The number of hydrogen-bond acceptors (Lipinski definition) is 5. The molecule has 7 heteroatoms. The Balaban J connectivity index is 1.66. The van der Waals surface area contributed by atoms with Gasteiger partial charge in [-0.05, 0) is 53.7 Å². The maximum atomic E-state index is 13.1. The molecule has 1 atom stereocenters. The minimum absolute atomic E-state index is 0.0370. The van der Waals surface area contributed by atoms with Gasteiger partial charge in [-0.25, -0.2) is 9.07 Å². The van der Waals surface area contributed by atoms with E-state index in [1.807, 2.05) is 31.2 Å². The zero-order valence-electron chi connectivity index (χ0n) is 12.8. The average molecular weight is 313 g/mol. The van der Waals surface area contributed by atoms with E-state index < -0.39 is 0 Å². The van der Waals surface area contributed by atoms with Crippen LogP contribution < -0.4 is 10.1 Å². The van der Waals surface area contributed by atoms with Crippen molar-refractivity contribution in [3.63, 3.8) is 0 Å². The summed E-state index contributed by atoms with van der Waals surface area (Å²) < 4.78 is 20.4. The molecule has 0 saturated carbocycles. The van der Waals surface area contributed by atoms with Gasteiger partial charge in [-0.1, -0.05) is 6.07 Å². The van der Waals surface area contributed by atoms with E-state index in [-0.39, 0.29) is 11.9 Å². The van der Waals surface area contributed by atoms with E-state index in [0.717, 1.165) is 11.5 Å². The molecule has 1 heterocycles. The van der Waals surface area contributed by atoms with E-state index in [4.69, 9.17) is 4.74 Å². The zero-order chi connectivity index (χ0) is 16.2. The lowest BCUT2D eigenvalue weighted by Gasteiger charge is -2.14. The van der Waals surface area contributed by atoms with Gasteiger partial charge in [-0.2, -0.15) is 0 Å². The normalized spacial score (nSPS) is 12.0. The number of tetrazole rings is 1. The highest BCUT2D eigenvalue weighted by Crippen LogP contribution is 2.24. The summed E-state index contributed by atoms with van der Waals surface area (Å²) in [5.41, 5.74) is 0.909. The molecule has 1 N–H and O–H groups in total. The van der Waals surface area contributed by atoms with Crippen LogP contribution in [-0.4, -0.2) is 20.2 Å². The number of hydrogen-bond donors (Lipinski definition) is 1. The highest BCUT2D eigenvalue weighted by molar-refractivity contribution is 5.48. The smallest absolute Gasteiger partial charge is 0.173 e. The molecule has 23 heavy (non-hydrogen) atoms. The van der Waals surface area contributed by atoms with E-state index in [2.05, 4.69) is 20.8 Å². The maximum absolute atomic E-state index is 13.1. The minimum atomic E-state index is -0.327. The van der Waals surface area contributed by atoms with Gasteiger partial charge in [0.05, 0.1) is 6.04 Å². The first-order valence-electron chi connectivity index (χ1n) is 7.14. The number of halogens is 1. The van der Waals surface area contributed by atoms with Crippen LogP contribution in [0.3, 0.4) is 0 Å². The van der Waals surface area contributed by atoms with E-state index >= 15 is 0 Å². The molecule has 0 aliphatic carbocycles. The predicted octanol–water partition coefficient (Wildman–Crippen LogP) is 3.31. The molecule has 0 fully saturated rings. The Labute approximate surface area is 132 Å².